The van der Waals surface area contributed by atoms with Gasteiger partial charge in [-0.05, 0) is 49.6 Å². The molecule has 1 unspecified atom stereocenters. The highest BCUT2D eigenvalue weighted by Crippen LogP contribution is 2.52. The summed E-state index contributed by atoms with van der Waals surface area (Å²) in [6.45, 7) is 1.68. The maximum absolute atomic E-state index is 13.3. The molecule has 12 heteroatoms. The Morgan fingerprint density at radius 3 is 2.64 bits per heavy atom. The van der Waals surface area contributed by atoms with E-state index in [1.165, 1.54) is 18.2 Å². The van der Waals surface area contributed by atoms with Crippen LogP contribution in [-0.4, -0.2) is 62.6 Å². The second kappa shape index (κ2) is 12.8. The van der Waals surface area contributed by atoms with Gasteiger partial charge in [0.15, 0.2) is 11.0 Å². The predicted molar refractivity (Wildman–Crippen MR) is 164 cm³/mol. The first-order chi connectivity index (χ1) is 21.5. The van der Waals surface area contributed by atoms with Crippen molar-refractivity contribution in [3.05, 3.63) is 87.5 Å². The summed E-state index contributed by atoms with van der Waals surface area (Å²) < 4.78 is 18.6. The molecule has 2 aliphatic heterocycles. The average molecular weight is 621 g/mol. The lowest BCUT2D eigenvalue weighted by Gasteiger charge is -2.46. The van der Waals surface area contributed by atoms with Crippen LogP contribution in [0, 0.1) is 5.92 Å². The van der Waals surface area contributed by atoms with Gasteiger partial charge in [0.2, 0.25) is 0 Å². The molecule has 0 spiro atoms. The van der Waals surface area contributed by atoms with Crippen LogP contribution in [0.5, 0.6) is 17.2 Å². The van der Waals surface area contributed by atoms with E-state index in [9.17, 15) is 35.1 Å². The number of phenols is 2. The average Bonchev–Trinajstić information content (AvgIpc) is 3.02. The number of hydrogen-bond donors (Lipinski definition) is 7. The minimum Gasteiger partial charge on any atom is -0.508 e. The molecule has 0 bridgehead atoms. The Kier molecular flexibility index (Phi) is 9.03. The third-order valence-corrected chi connectivity index (χ3v) is 8.41. The van der Waals surface area contributed by atoms with Gasteiger partial charge < -0.3 is 50.5 Å². The Morgan fingerprint density at radius 2 is 2.02 bits per heavy atom. The van der Waals surface area contributed by atoms with Gasteiger partial charge in [-0.3, -0.25) is 4.79 Å². The molecular formula is C33H36N2O10. The van der Waals surface area contributed by atoms with Gasteiger partial charge in [-0.1, -0.05) is 24.3 Å². The van der Waals surface area contributed by atoms with Crippen LogP contribution in [0.2, 0.25) is 0 Å². The van der Waals surface area contributed by atoms with E-state index < -0.39 is 54.6 Å². The zero-order valence-corrected chi connectivity index (χ0v) is 24.8. The number of esters is 1. The van der Waals surface area contributed by atoms with Crippen molar-refractivity contribution >= 4 is 16.9 Å². The van der Waals surface area contributed by atoms with Gasteiger partial charge in [0, 0.05) is 30.2 Å². The van der Waals surface area contributed by atoms with Gasteiger partial charge in [0.1, 0.15) is 46.7 Å². The SMILES string of the molecule is C/C=C(/CO)C(=O)O[C@@H]1Cc2c(c(-c3cccc(O)c3)c3oc(CO)cc(=O)c3c2O)O[C@@]1(C)[C@H](CO)CC1=CNC(N)C=C1. The second-order valence-corrected chi connectivity index (χ2v) is 11.2. The zero-order chi connectivity index (χ0) is 32.5. The topological polar surface area (TPSA) is 205 Å². The maximum Gasteiger partial charge on any atom is 0.336 e. The van der Waals surface area contributed by atoms with Crippen molar-refractivity contribution in [2.75, 3.05) is 13.2 Å². The number of allylic oxidation sites excluding steroid dienone is 3. The first kappa shape index (κ1) is 31.8. The van der Waals surface area contributed by atoms with Gasteiger partial charge in [-0.2, -0.15) is 0 Å². The van der Waals surface area contributed by atoms with Crippen molar-refractivity contribution in [2.45, 2.75) is 51.2 Å². The van der Waals surface area contributed by atoms with E-state index in [2.05, 4.69) is 5.32 Å². The molecule has 3 heterocycles. The van der Waals surface area contributed by atoms with Crippen molar-refractivity contribution in [1.29, 1.82) is 0 Å². The number of nitrogens with one attached hydrogen (secondary N) is 1. The highest BCUT2D eigenvalue weighted by molar-refractivity contribution is 6.01. The molecule has 0 fully saturated rings. The molecular weight excluding hydrogens is 584 g/mol. The predicted octanol–water partition coefficient (Wildman–Crippen LogP) is 2.23. The Labute approximate surface area is 258 Å². The number of benzene rings is 2. The standard InChI is InChI=1S/C33H36N2O10/c1-3-18(14-36)32(42)44-25-12-23-29(41)28-24(40)11-22(16-38)43-31(28)27(19-5-4-6-21(39)10-19)30(23)45-33(25,2)20(15-37)9-17-7-8-26(34)35-13-17/h3-8,10-11,13,20,25-26,35-39,41H,9,12,14-16,34H2,1-2H3/b18-3-/t20-,25+,26?,33-/m0/s1. The normalized spacial score (nSPS) is 21.8. The molecule has 8 N–H and O–H groups in total. The van der Waals surface area contributed by atoms with E-state index in [1.807, 2.05) is 6.08 Å². The Morgan fingerprint density at radius 1 is 1.24 bits per heavy atom. The van der Waals surface area contributed by atoms with Gasteiger partial charge in [0.05, 0.1) is 30.5 Å². The monoisotopic (exact) mass is 620 g/mol. The Hall–Kier alpha value is -4.62. The van der Waals surface area contributed by atoms with E-state index in [4.69, 9.17) is 19.6 Å². The number of aliphatic hydroxyl groups is 3. The minimum absolute atomic E-state index is 0.000153. The Bertz CT molecular complexity index is 1780. The van der Waals surface area contributed by atoms with Crippen LogP contribution >= 0.6 is 0 Å². The van der Waals surface area contributed by atoms with E-state index in [1.54, 1.807) is 38.3 Å². The van der Waals surface area contributed by atoms with Crippen LogP contribution in [0.25, 0.3) is 22.1 Å². The fourth-order valence-corrected chi connectivity index (χ4v) is 5.81. The van der Waals surface area contributed by atoms with Crippen molar-refractivity contribution in [1.82, 2.24) is 5.32 Å². The first-order valence-electron chi connectivity index (χ1n) is 14.4. The molecule has 3 aromatic rings. The fraction of sp³-hybridized carbons (Fsp3) is 0.333. The van der Waals surface area contributed by atoms with Crippen molar-refractivity contribution < 1.29 is 44.2 Å². The number of fused-ring (bicyclic) bond motifs is 2. The molecule has 2 aliphatic rings. The van der Waals surface area contributed by atoms with E-state index >= 15 is 0 Å². The lowest BCUT2D eigenvalue weighted by Crippen LogP contribution is -2.57. The molecule has 0 saturated carbocycles. The molecule has 0 radical (unpaired) electrons. The van der Waals surface area contributed by atoms with E-state index in [0.29, 0.717) is 5.56 Å². The minimum atomic E-state index is -1.46. The van der Waals surface area contributed by atoms with Gasteiger partial charge in [0.25, 0.3) is 0 Å². The molecule has 45 heavy (non-hydrogen) atoms. The van der Waals surface area contributed by atoms with Crippen LogP contribution in [0.3, 0.4) is 0 Å². The van der Waals surface area contributed by atoms with Crippen molar-refractivity contribution in [3.63, 3.8) is 0 Å². The Balaban J connectivity index is 1.76. The summed E-state index contributed by atoms with van der Waals surface area (Å²) in [6, 6.07) is 7.19. The smallest absolute Gasteiger partial charge is 0.336 e. The molecule has 2 aromatic carbocycles. The van der Waals surface area contributed by atoms with Crippen LogP contribution < -0.4 is 21.2 Å². The van der Waals surface area contributed by atoms with Gasteiger partial charge in [-0.15, -0.1) is 0 Å². The molecule has 1 aromatic heterocycles. The highest BCUT2D eigenvalue weighted by Gasteiger charge is 2.51. The molecule has 0 amide bonds. The highest BCUT2D eigenvalue weighted by atomic mass is 16.6. The van der Waals surface area contributed by atoms with Crippen molar-refractivity contribution in [3.8, 4) is 28.4 Å². The molecule has 0 aliphatic carbocycles. The van der Waals surface area contributed by atoms with Crippen molar-refractivity contribution in [2.24, 2.45) is 11.7 Å². The summed E-state index contributed by atoms with van der Waals surface area (Å²) in [4.78, 5) is 26.4. The number of carbonyl (C=O) groups excluding carboxylic acids is 1. The lowest BCUT2D eigenvalue weighted by molar-refractivity contribution is -0.167. The largest absolute Gasteiger partial charge is 0.508 e. The van der Waals surface area contributed by atoms with E-state index in [-0.39, 0.29) is 63.9 Å². The number of hydrogen-bond acceptors (Lipinski definition) is 12. The summed E-state index contributed by atoms with van der Waals surface area (Å²) >= 11 is 0. The molecule has 238 valence electrons. The number of nitrogens with two attached hydrogens (primary N) is 1. The first-order valence-corrected chi connectivity index (χ1v) is 14.4. The van der Waals surface area contributed by atoms with Crippen LogP contribution in [-0.2, 0) is 22.6 Å². The number of aliphatic hydroxyl groups excluding tert-OH is 3. The lowest BCUT2D eigenvalue weighted by atomic mass is 9.75. The number of dihydropyridines is 1. The van der Waals surface area contributed by atoms with Gasteiger partial charge in [-0.25, -0.2) is 4.79 Å². The van der Waals surface area contributed by atoms with Crippen LogP contribution in [0.4, 0.5) is 0 Å². The summed E-state index contributed by atoms with van der Waals surface area (Å²) in [5, 5.41) is 55.0. The molecule has 0 saturated heterocycles. The summed E-state index contributed by atoms with van der Waals surface area (Å²) in [7, 11) is 0. The number of aromatic hydroxyl groups is 2. The van der Waals surface area contributed by atoms with E-state index in [0.717, 1.165) is 11.6 Å². The molecule has 12 nitrogen and oxygen atoms in total. The number of carbonyl (C=O) groups is 1. The third kappa shape index (κ3) is 5.92. The van der Waals surface area contributed by atoms with Gasteiger partial charge >= 0.3 is 5.97 Å². The zero-order valence-electron chi connectivity index (χ0n) is 24.8. The number of rotatable bonds is 9. The van der Waals surface area contributed by atoms with Crippen LogP contribution in [0.1, 0.15) is 31.6 Å². The summed E-state index contributed by atoms with van der Waals surface area (Å²) in [5.74, 6) is -2.05. The summed E-state index contributed by atoms with van der Waals surface area (Å²) in [5.41, 5.74) is 5.23. The molecule has 4 atom stereocenters. The second-order valence-electron chi connectivity index (χ2n) is 11.2. The maximum atomic E-state index is 13.3. The molecule has 5 rings (SSSR count). The number of ether oxygens (including phenoxy) is 2. The quantitative estimate of drug-likeness (QED) is 0.136. The summed E-state index contributed by atoms with van der Waals surface area (Å²) in [6.07, 6.45) is 5.33. The van der Waals surface area contributed by atoms with Crippen LogP contribution in [0.15, 0.2) is 75.1 Å². The fourth-order valence-electron chi connectivity index (χ4n) is 5.81. The number of phenolic OH excluding ortho intramolecular Hbond substituents is 2. The third-order valence-electron chi connectivity index (χ3n) is 8.41.